The van der Waals surface area contributed by atoms with Gasteiger partial charge in [-0.2, -0.15) is 0 Å². The SMILES string of the molecule is COc1ccc(C(=O)O/C(=C2/OC(=O)C3=C2[C@@H]2C[C@@H]4O[C@@]45[C@H](O)[C@@]4(C(C)C)O[C@H]4[C@@H]4O[C@@]45[C@@]2(C)CC3)c2ccc(OC)cc2)cc1. The van der Waals surface area contributed by atoms with E-state index in [4.69, 9.17) is 33.2 Å². The van der Waals surface area contributed by atoms with Crippen LogP contribution in [0.4, 0.5) is 0 Å². The van der Waals surface area contributed by atoms with Crippen LogP contribution < -0.4 is 9.47 Å². The number of aliphatic hydroxyl groups is 1. The van der Waals surface area contributed by atoms with Gasteiger partial charge in [-0.05, 0) is 79.6 Å². The lowest BCUT2D eigenvalue weighted by molar-refractivity contribution is -0.133. The van der Waals surface area contributed by atoms with E-state index in [-0.39, 0.29) is 41.7 Å². The largest absolute Gasteiger partial charge is 0.497 e. The molecule has 46 heavy (non-hydrogen) atoms. The fourth-order valence-electron chi connectivity index (χ4n) is 9.68. The lowest BCUT2D eigenvalue weighted by Gasteiger charge is -2.53. The second-order valence-electron chi connectivity index (χ2n) is 14.1. The van der Waals surface area contributed by atoms with Crippen LogP contribution >= 0.6 is 0 Å². The molecule has 7 aliphatic rings. The van der Waals surface area contributed by atoms with Gasteiger partial charge < -0.3 is 38.3 Å². The van der Waals surface area contributed by atoms with Crippen LogP contribution in [0.5, 0.6) is 11.5 Å². The van der Waals surface area contributed by atoms with Gasteiger partial charge >= 0.3 is 11.9 Å². The molecule has 1 N–H and O–H groups in total. The lowest BCUT2D eigenvalue weighted by Crippen LogP contribution is -2.69. The van der Waals surface area contributed by atoms with Crippen molar-refractivity contribution in [2.45, 2.75) is 81.3 Å². The van der Waals surface area contributed by atoms with Crippen molar-refractivity contribution >= 4 is 17.7 Å². The van der Waals surface area contributed by atoms with Crippen molar-refractivity contribution in [3.63, 3.8) is 0 Å². The molecular weight excluding hydrogens is 592 g/mol. The number of rotatable bonds is 6. The van der Waals surface area contributed by atoms with Crippen molar-refractivity contribution in [2.24, 2.45) is 17.3 Å². The van der Waals surface area contributed by atoms with Crippen molar-refractivity contribution in [3.8, 4) is 11.5 Å². The fourth-order valence-corrected chi connectivity index (χ4v) is 9.68. The molecule has 3 aliphatic carbocycles. The normalized spacial score (nSPS) is 41.5. The first-order valence-electron chi connectivity index (χ1n) is 16.0. The third-order valence-electron chi connectivity index (χ3n) is 12.1. The maximum Gasteiger partial charge on any atom is 0.343 e. The van der Waals surface area contributed by atoms with E-state index in [0.29, 0.717) is 47.5 Å². The summed E-state index contributed by atoms with van der Waals surface area (Å²) in [5.74, 6) is 0.468. The zero-order valence-electron chi connectivity index (χ0n) is 26.3. The average molecular weight is 629 g/mol. The summed E-state index contributed by atoms with van der Waals surface area (Å²) in [7, 11) is 3.13. The number of benzene rings is 2. The quantitative estimate of drug-likeness (QED) is 0.280. The number of hydrogen-bond donors (Lipinski definition) is 1. The summed E-state index contributed by atoms with van der Waals surface area (Å²) in [5.41, 5.74) is -0.615. The minimum absolute atomic E-state index is 0.1000. The molecule has 2 saturated carbocycles. The van der Waals surface area contributed by atoms with E-state index >= 15 is 0 Å². The summed E-state index contributed by atoms with van der Waals surface area (Å²) < 4.78 is 42.4. The monoisotopic (exact) mass is 628 g/mol. The van der Waals surface area contributed by atoms with Gasteiger partial charge in [0, 0.05) is 22.1 Å². The number of allylic oxidation sites excluding steroid dienone is 1. The molecule has 0 radical (unpaired) electrons. The van der Waals surface area contributed by atoms with Crippen LogP contribution in [0.25, 0.3) is 5.76 Å². The lowest BCUT2D eigenvalue weighted by atomic mass is 9.46. The smallest absolute Gasteiger partial charge is 0.343 e. The standard InChI is InChI=1S/C36H36O10/c1-17(2)34-28(45-34)29-36(46-29)33(3)15-14-22-25(23(33)16-24-35(36,44-24)32(34)39)27(43-31(22)38)26(18-6-10-20(40-4)11-7-18)42-30(37)19-8-12-21(41-5)13-9-19/h6-13,17,23-24,28-29,32,39H,14-16H2,1-5H3/b27-26+/t23-,24-,28-,29-,32+,33-,34-,35+,36+/m0/s1. The number of fused-ring (bicyclic) bond motifs is 4. The molecule has 9 atom stereocenters. The minimum Gasteiger partial charge on any atom is -0.497 e. The Bertz CT molecular complexity index is 1760. The third-order valence-corrected chi connectivity index (χ3v) is 12.1. The molecule has 240 valence electrons. The molecule has 4 heterocycles. The number of carbonyl (C=O) groups is 2. The first kappa shape index (κ1) is 28.5. The highest BCUT2D eigenvalue weighted by Gasteiger charge is 3.00. The van der Waals surface area contributed by atoms with Gasteiger partial charge in [-0.3, -0.25) is 0 Å². The van der Waals surface area contributed by atoms with Crippen LogP contribution in [0.1, 0.15) is 56.0 Å². The zero-order chi connectivity index (χ0) is 32.0. The molecule has 0 unspecified atom stereocenters. The molecule has 9 rings (SSSR count). The summed E-state index contributed by atoms with van der Waals surface area (Å²) in [4.78, 5) is 27.1. The summed E-state index contributed by atoms with van der Waals surface area (Å²) in [6.45, 7) is 6.34. The summed E-state index contributed by atoms with van der Waals surface area (Å²) >= 11 is 0. The first-order chi connectivity index (χ1) is 22.1. The van der Waals surface area contributed by atoms with E-state index in [0.717, 1.165) is 5.57 Å². The Kier molecular flexibility index (Phi) is 5.58. The summed E-state index contributed by atoms with van der Waals surface area (Å²) in [6, 6.07) is 13.7. The molecule has 5 fully saturated rings. The number of cyclic esters (lactones) is 1. The Morgan fingerprint density at radius 1 is 0.935 bits per heavy atom. The van der Waals surface area contributed by atoms with Gasteiger partial charge in [0.1, 0.15) is 41.0 Å². The highest BCUT2D eigenvalue weighted by Crippen LogP contribution is 2.83. The van der Waals surface area contributed by atoms with Gasteiger partial charge in [0.05, 0.1) is 25.9 Å². The first-order valence-corrected chi connectivity index (χ1v) is 16.0. The predicted octanol–water partition coefficient (Wildman–Crippen LogP) is 4.35. The number of ether oxygens (including phenoxy) is 7. The summed E-state index contributed by atoms with van der Waals surface area (Å²) in [6.07, 6.45) is 0.164. The maximum atomic E-state index is 13.6. The van der Waals surface area contributed by atoms with Crippen molar-refractivity contribution in [2.75, 3.05) is 14.2 Å². The minimum atomic E-state index is -0.856. The van der Waals surface area contributed by atoms with Crippen LogP contribution in [0.3, 0.4) is 0 Å². The van der Waals surface area contributed by atoms with Gasteiger partial charge in [-0.15, -0.1) is 0 Å². The number of hydrogen-bond acceptors (Lipinski definition) is 10. The molecule has 0 amide bonds. The predicted molar refractivity (Wildman–Crippen MR) is 161 cm³/mol. The molecule has 3 saturated heterocycles. The van der Waals surface area contributed by atoms with Gasteiger partial charge in [0.2, 0.25) is 0 Å². The molecule has 10 heteroatoms. The molecule has 2 aromatic rings. The van der Waals surface area contributed by atoms with E-state index in [9.17, 15) is 14.7 Å². The Labute approximate surface area is 266 Å². The molecule has 4 aliphatic heterocycles. The number of esters is 2. The van der Waals surface area contributed by atoms with E-state index in [1.165, 1.54) is 0 Å². The molecule has 2 spiro atoms. The van der Waals surface area contributed by atoms with Crippen molar-refractivity contribution in [1.29, 1.82) is 0 Å². The average Bonchev–Trinajstić information content (AvgIpc) is 3.98. The van der Waals surface area contributed by atoms with Crippen molar-refractivity contribution in [3.05, 3.63) is 76.6 Å². The second-order valence-corrected chi connectivity index (χ2v) is 14.1. The van der Waals surface area contributed by atoms with E-state index in [1.54, 1.807) is 62.8 Å². The molecule has 0 aromatic heterocycles. The second kappa shape index (κ2) is 9.01. The number of carbonyl (C=O) groups excluding carboxylic acids is 2. The molecule has 0 bridgehead atoms. The Morgan fingerprint density at radius 3 is 2.22 bits per heavy atom. The molecule has 10 nitrogen and oxygen atoms in total. The van der Waals surface area contributed by atoms with Crippen LogP contribution in [0.2, 0.25) is 0 Å². The third kappa shape index (κ3) is 3.21. The van der Waals surface area contributed by atoms with Crippen molar-refractivity contribution in [1.82, 2.24) is 0 Å². The number of epoxide rings is 3. The molecule has 2 aromatic carbocycles. The molecular formula is C36H36O10. The number of methoxy groups -OCH3 is 2. The van der Waals surface area contributed by atoms with Crippen LogP contribution in [-0.2, 0) is 28.5 Å². The van der Waals surface area contributed by atoms with E-state index in [1.807, 2.05) is 0 Å². The Morgan fingerprint density at radius 2 is 1.59 bits per heavy atom. The van der Waals surface area contributed by atoms with Gasteiger partial charge in [0.25, 0.3) is 0 Å². The highest BCUT2D eigenvalue weighted by atomic mass is 16.7. The van der Waals surface area contributed by atoms with Crippen molar-refractivity contribution < 1.29 is 47.9 Å². The van der Waals surface area contributed by atoms with Gasteiger partial charge in [-0.25, -0.2) is 9.59 Å². The Balaban J connectivity index is 1.15. The van der Waals surface area contributed by atoms with E-state index < -0.39 is 40.3 Å². The number of aliphatic hydroxyl groups excluding tert-OH is 1. The topological polar surface area (TPSA) is 129 Å². The van der Waals surface area contributed by atoms with Gasteiger partial charge in [0.15, 0.2) is 17.1 Å². The van der Waals surface area contributed by atoms with Crippen LogP contribution in [0.15, 0.2) is 65.4 Å². The van der Waals surface area contributed by atoms with Gasteiger partial charge in [-0.1, -0.05) is 20.8 Å². The fraction of sp³-hybridized carbons (Fsp3) is 0.500. The van der Waals surface area contributed by atoms with Crippen LogP contribution in [0, 0.1) is 17.3 Å². The Hall–Kier alpha value is -3.70. The highest BCUT2D eigenvalue weighted by molar-refractivity contribution is 5.99. The van der Waals surface area contributed by atoms with Crippen LogP contribution in [-0.4, -0.2) is 72.5 Å². The zero-order valence-corrected chi connectivity index (χ0v) is 26.3. The maximum absolute atomic E-state index is 13.6. The summed E-state index contributed by atoms with van der Waals surface area (Å²) in [5, 5.41) is 11.9. The van der Waals surface area contributed by atoms with E-state index in [2.05, 4.69) is 20.8 Å².